The molecular weight excluding hydrogens is 260 g/mol. The van der Waals surface area contributed by atoms with Gasteiger partial charge in [0, 0.05) is 0 Å². The molecular formula is C16H21ClO2. The maximum Gasteiger partial charge on any atom is 0.135 e. The summed E-state index contributed by atoms with van der Waals surface area (Å²) in [5, 5.41) is 0. The summed E-state index contributed by atoms with van der Waals surface area (Å²) in [5.74, 6) is 7.74. The third-order valence-electron chi connectivity index (χ3n) is 2.73. The molecule has 0 spiro atoms. The first-order chi connectivity index (χ1) is 9.31. The Labute approximate surface area is 121 Å². The minimum atomic E-state index is 0.313. The fraction of sp³-hybridized carbons (Fsp3) is 0.500. The Bertz CT molecular complexity index is 432. The first-order valence-corrected chi connectivity index (χ1v) is 7.21. The lowest BCUT2D eigenvalue weighted by Gasteiger charge is -2.09. The maximum absolute atomic E-state index is 5.78. The second-order valence-electron chi connectivity index (χ2n) is 4.21. The summed E-state index contributed by atoms with van der Waals surface area (Å²) in [4.78, 5) is 0. The first-order valence-electron chi connectivity index (χ1n) is 6.67. The minimum Gasteiger partial charge on any atom is -0.497 e. The Morgan fingerprint density at radius 2 is 2.05 bits per heavy atom. The van der Waals surface area contributed by atoms with E-state index in [1.165, 1.54) is 19.3 Å². The van der Waals surface area contributed by atoms with Crippen LogP contribution in [0.5, 0.6) is 11.5 Å². The minimum absolute atomic E-state index is 0.313. The first kappa shape index (κ1) is 15.7. The van der Waals surface area contributed by atoms with Crippen molar-refractivity contribution < 1.29 is 9.47 Å². The van der Waals surface area contributed by atoms with E-state index in [2.05, 4.69) is 18.8 Å². The van der Waals surface area contributed by atoms with Gasteiger partial charge < -0.3 is 9.47 Å². The normalized spacial score (nSPS) is 9.63. The fourth-order valence-corrected chi connectivity index (χ4v) is 1.77. The molecule has 0 saturated carbocycles. The molecule has 1 aromatic carbocycles. The highest BCUT2D eigenvalue weighted by atomic mass is 35.5. The summed E-state index contributed by atoms with van der Waals surface area (Å²) in [5.41, 5.74) is 0.829. The molecule has 0 unspecified atom stereocenters. The highest BCUT2D eigenvalue weighted by Gasteiger charge is 2.03. The number of hydrogen-bond acceptors (Lipinski definition) is 2. The number of alkyl halides is 1. The van der Waals surface area contributed by atoms with Gasteiger partial charge in [0.15, 0.2) is 0 Å². The Morgan fingerprint density at radius 1 is 1.21 bits per heavy atom. The zero-order valence-electron chi connectivity index (χ0n) is 11.7. The van der Waals surface area contributed by atoms with Crippen LogP contribution in [0.1, 0.15) is 38.2 Å². The third-order valence-corrected chi connectivity index (χ3v) is 2.87. The van der Waals surface area contributed by atoms with Crippen molar-refractivity contribution in [3.8, 4) is 23.3 Å². The average molecular weight is 281 g/mol. The van der Waals surface area contributed by atoms with Gasteiger partial charge in [0.05, 0.1) is 25.2 Å². The van der Waals surface area contributed by atoms with Gasteiger partial charge in [-0.05, 0) is 24.6 Å². The molecule has 2 nitrogen and oxygen atoms in total. The van der Waals surface area contributed by atoms with Crippen LogP contribution in [0.4, 0.5) is 0 Å². The smallest absolute Gasteiger partial charge is 0.135 e. The van der Waals surface area contributed by atoms with Crippen molar-refractivity contribution in [1.82, 2.24) is 0 Å². The predicted molar refractivity (Wildman–Crippen MR) is 80.2 cm³/mol. The van der Waals surface area contributed by atoms with Gasteiger partial charge in [-0.2, -0.15) is 0 Å². The molecule has 0 aliphatic heterocycles. The van der Waals surface area contributed by atoms with E-state index in [4.69, 9.17) is 21.1 Å². The van der Waals surface area contributed by atoms with Gasteiger partial charge >= 0.3 is 0 Å². The maximum atomic E-state index is 5.78. The van der Waals surface area contributed by atoms with E-state index in [0.717, 1.165) is 30.1 Å². The number of unbranched alkanes of at least 4 members (excludes halogenated alkanes) is 3. The lowest BCUT2D eigenvalue weighted by molar-refractivity contribution is 0.303. The summed E-state index contributed by atoms with van der Waals surface area (Å²) in [6.45, 7) is 2.92. The molecule has 0 atom stereocenters. The topological polar surface area (TPSA) is 18.5 Å². The van der Waals surface area contributed by atoms with E-state index < -0.39 is 0 Å². The molecule has 0 saturated heterocycles. The van der Waals surface area contributed by atoms with Crippen molar-refractivity contribution in [2.24, 2.45) is 0 Å². The van der Waals surface area contributed by atoms with Crippen molar-refractivity contribution in [3.05, 3.63) is 23.8 Å². The predicted octanol–water partition coefficient (Wildman–Crippen LogP) is 4.24. The molecule has 0 amide bonds. The van der Waals surface area contributed by atoms with Crippen molar-refractivity contribution in [2.75, 3.05) is 19.6 Å². The number of methoxy groups -OCH3 is 1. The molecule has 19 heavy (non-hydrogen) atoms. The quantitative estimate of drug-likeness (QED) is 0.422. The lowest BCUT2D eigenvalue weighted by Crippen LogP contribution is -1.99. The summed E-state index contributed by atoms with van der Waals surface area (Å²) in [7, 11) is 1.64. The van der Waals surface area contributed by atoms with Gasteiger partial charge in [0.2, 0.25) is 0 Å². The highest BCUT2D eigenvalue weighted by molar-refractivity contribution is 6.19. The molecule has 104 valence electrons. The zero-order valence-corrected chi connectivity index (χ0v) is 12.4. The number of ether oxygens (including phenoxy) is 2. The van der Waals surface area contributed by atoms with E-state index in [-0.39, 0.29) is 0 Å². The van der Waals surface area contributed by atoms with Crippen LogP contribution in [0, 0.1) is 11.8 Å². The zero-order chi connectivity index (χ0) is 13.9. The monoisotopic (exact) mass is 280 g/mol. The Hall–Kier alpha value is -1.33. The van der Waals surface area contributed by atoms with Crippen LogP contribution in [-0.4, -0.2) is 19.6 Å². The van der Waals surface area contributed by atoms with E-state index >= 15 is 0 Å². The van der Waals surface area contributed by atoms with E-state index in [0.29, 0.717) is 5.88 Å². The second-order valence-corrected chi connectivity index (χ2v) is 4.47. The largest absolute Gasteiger partial charge is 0.497 e. The Kier molecular flexibility index (Phi) is 7.93. The van der Waals surface area contributed by atoms with Crippen molar-refractivity contribution in [1.29, 1.82) is 0 Å². The van der Waals surface area contributed by atoms with E-state index in [9.17, 15) is 0 Å². The fourth-order valence-electron chi connectivity index (χ4n) is 1.70. The second kappa shape index (κ2) is 9.58. The number of rotatable bonds is 7. The van der Waals surface area contributed by atoms with Gasteiger partial charge in [-0.25, -0.2) is 0 Å². The van der Waals surface area contributed by atoms with Gasteiger partial charge in [-0.1, -0.05) is 38.0 Å². The van der Waals surface area contributed by atoms with Gasteiger partial charge in [-0.3, -0.25) is 0 Å². The van der Waals surface area contributed by atoms with Gasteiger partial charge in [0.1, 0.15) is 11.5 Å². The Balaban J connectivity index is 2.64. The van der Waals surface area contributed by atoms with Crippen LogP contribution in [-0.2, 0) is 0 Å². The van der Waals surface area contributed by atoms with Crippen molar-refractivity contribution in [3.63, 3.8) is 0 Å². The van der Waals surface area contributed by atoms with Crippen molar-refractivity contribution in [2.45, 2.75) is 32.6 Å². The van der Waals surface area contributed by atoms with Crippen LogP contribution in [0.2, 0.25) is 0 Å². The summed E-state index contributed by atoms with van der Waals surface area (Å²) < 4.78 is 11.0. The molecule has 0 N–H and O–H groups in total. The number of halogens is 1. The molecule has 0 aliphatic rings. The number of benzene rings is 1. The Morgan fingerprint density at radius 3 is 2.74 bits per heavy atom. The molecule has 0 aliphatic carbocycles. The van der Waals surface area contributed by atoms with E-state index in [1.54, 1.807) is 7.11 Å². The van der Waals surface area contributed by atoms with Crippen LogP contribution in [0.15, 0.2) is 18.2 Å². The van der Waals surface area contributed by atoms with Gasteiger partial charge in [-0.15, -0.1) is 11.6 Å². The molecule has 1 aromatic rings. The third kappa shape index (κ3) is 5.89. The van der Waals surface area contributed by atoms with Crippen molar-refractivity contribution >= 4 is 11.6 Å². The standard InChI is InChI=1S/C16H21ClO2/c1-3-4-5-6-12-19-16-10-9-15(18-2)13-14(16)8-7-11-17/h9-10,13H,3-6,11-12H2,1-2H3. The molecule has 0 fully saturated rings. The molecule has 0 aromatic heterocycles. The van der Waals surface area contributed by atoms with Crippen LogP contribution >= 0.6 is 11.6 Å². The van der Waals surface area contributed by atoms with E-state index in [1.807, 2.05) is 18.2 Å². The van der Waals surface area contributed by atoms with Crippen LogP contribution < -0.4 is 9.47 Å². The number of hydrogen-bond donors (Lipinski definition) is 0. The molecule has 0 bridgehead atoms. The molecule has 0 radical (unpaired) electrons. The lowest BCUT2D eigenvalue weighted by atomic mass is 10.2. The van der Waals surface area contributed by atoms with Crippen LogP contribution in [0.3, 0.4) is 0 Å². The molecule has 1 rings (SSSR count). The highest BCUT2D eigenvalue weighted by Crippen LogP contribution is 2.23. The molecule has 3 heteroatoms. The average Bonchev–Trinajstić information content (AvgIpc) is 2.45. The summed E-state index contributed by atoms with van der Waals surface area (Å²) >= 11 is 5.59. The van der Waals surface area contributed by atoms with Gasteiger partial charge in [0.25, 0.3) is 0 Å². The molecule has 0 heterocycles. The van der Waals surface area contributed by atoms with Crippen LogP contribution in [0.25, 0.3) is 0 Å². The SMILES string of the molecule is CCCCCCOc1ccc(OC)cc1C#CCCl. The summed E-state index contributed by atoms with van der Waals surface area (Å²) in [6, 6.07) is 5.66. The summed E-state index contributed by atoms with van der Waals surface area (Å²) in [6.07, 6.45) is 4.76.